The number of amides is 1. The third-order valence-corrected chi connectivity index (χ3v) is 3.59. The molecular formula is C14H16N2O5. The normalized spacial score (nSPS) is 17.6. The highest BCUT2D eigenvalue weighted by atomic mass is 16.6. The zero-order chi connectivity index (χ0) is 15.6. The van der Waals surface area contributed by atoms with E-state index < -0.39 is 10.8 Å². The van der Waals surface area contributed by atoms with E-state index in [1.807, 2.05) is 0 Å². The van der Waals surface area contributed by atoms with Crippen LogP contribution in [0.2, 0.25) is 0 Å². The van der Waals surface area contributed by atoms with Crippen molar-refractivity contribution in [1.82, 2.24) is 4.90 Å². The van der Waals surface area contributed by atoms with E-state index >= 15 is 0 Å². The number of benzene rings is 1. The highest BCUT2D eigenvalue weighted by molar-refractivity contribution is 5.98. The average Bonchev–Trinajstić information content (AvgIpc) is 2.95. The number of nitro benzene ring substituents is 1. The summed E-state index contributed by atoms with van der Waals surface area (Å²) in [5.41, 5.74) is 0.616. The highest BCUT2D eigenvalue weighted by Gasteiger charge is 2.34. The van der Waals surface area contributed by atoms with Crippen molar-refractivity contribution in [3.63, 3.8) is 0 Å². The summed E-state index contributed by atoms with van der Waals surface area (Å²) in [6.45, 7) is 2.39. The van der Waals surface area contributed by atoms with Crippen LogP contribution < -0.4 is 0 Å². The number of carbonyl (C=O) groups excluding carboxylic acids is 2. The van der Waals surface area contributed by atoms with Crippen LogP contribution in [0.15, 0.2) is 18.2 Å². The largest absolute Gasteiger partial charge is 0.469 e. The molecule has 1 heterocycles. The SMILES string of the molecule is COC(=O)C1CCN(C(=O)c2cc(C)ccc2[N+](=O)[O-])C1. The molecule has 1 aromatic rings. The molecule has 1 fully saturated rings. The van der Waals surface area contributed by atoms with Crippen LogP contribution in [0, 0.1) is 23.0 Å². The molecule has 1 atom stereocenters. The van der Waals surface area contributed by atoms with Crippen LogP contribution in [0.5, 0.6) is 0 Å². The Hall–Kier alpha value is -2.44. The van der Waals surface area contributed by atoms with Gasteiger partial charge in [0, 0.05) is 19.2 Å². The second-order valence-electron chi connectivity index (χ2n) is 5.04. The van der Waals surface area contributed by atoms with Crippen LogP contribution >= 0.6 is 0 Å². The predicted molar refractivity (Wildman–Crippen MR) is 73.9 cm³/mol. The van der Waals surface area contributed by atoms with E-state index in [1.165, 1.54) is 24.1 Å². The van der Waals surface area contributed by atoms with Crippen molar-refractivity contribution in [2.45, 2.75) is 13.3 Å². The van der Waals surface area contributed by atoms with E-state index in [1.54, 1.807) is 13.0 Å². The Morgan fingerprint density at radius 2 is 2.14 bits per heavy atom. The second kappa shape index (κ2) is 5.90. The fourth-order valence-corrected chi connectivity index (χ4v) is 2.45. The third-order valence-electron chi connectivity index (χ3n) is 3.59. The second-order valence-corrected chi connectivity index (χ2v) is 5.04. The molecule has 7 nitrogen and oxygen atoms in total. The molecule has 2 rings (SSSR count). The maximum Gasteiger partial charge on any atom is 0.310 e. The summed E-state index contributed by atoms with van der Waals surface area (Å²) in [7, 11) is 1.30. The van der Waals surface area contributed by atoms with Gasteiger partial charge in [-0.3, -0.25) is 19.7 Å². The van der Waals surface area contributed by atoms with Gasteiger partial charge in [0.1, 0.15) is 5.56 Å². The molecule has 0 radical (unpaired) electrons. The maximum atomic E-state index is 12.5. The highest BCUT2D eigenvalue weighted by Crippen LogP contribution is 2.25. The molecule has 7 heteroatoms. The Balaban J connectivity index is 2.23. The first-order valence-corrected chi connectivity index (χ1v) is 6.56. The number of esters is 1. The summed E-state index contributed by atoms with van der Waals surface area (Å²) in [4.78, 5) is 35.9. The Morgan fingerprint density at radius 3 is 2.76 bits per heavy atom. The molecule has 0 aliphatic carbocycles. The molecule has 0 aromatic heterocycles. The Bertz CT molecular complexity index is 599. The van der Waals surface area contributed by atoms with Gasteiger partial charge in [0.05, 0.1) is 18.0 Å². The van der Waals surface area contributed by atoms with E-state index in [9.17, 15) is 19.7 Å². The van der Waals surface area contributed by atoms with E-state index in [2.05, 4.69) is 4.74 Å². The summed E-state index contributed by atoms with van der Waals surface area (Å²) < 4.78 is 4.66. The zero-order valence-electron chi connectivity index (χ0n) is 11.9. The number of methoxy groups -OCH3 is 1. The predicted octanol–water partition coefficient (Wildman–Crippen LogP) is 1.54. The van der Waals surface area contributed by atoms with Crippen LogP contribution in [0.3, 0.4) is 0 Å². The van der Waals surface area contributed by atoms with Gasteiger partial charge < -0.3 is 9.64 Å². The molecule has 0 spiro atoms. The van der Waals surface area contributed by atoms with Crippen LogP contribution in [0.25, 0.3) is 0 Å². The van der Waals surface area contributed by atoms with Crippen molar-refractivity contribution in [3.05, 3.63) is 39.4 Å². The lowest BCUT2D eigenvalue weighted by Gasteiger charge is -2.16. The van der Waals surface area contributed by atoms with Crippen molar-refractivity contribution < 1.29 is 19.2 Å². The van der Waals surface area contributed by atoms with Crippen molar-refractivity contribution in [1.29, 1.82) is 0 Å². The van der Waals surface area contributed by atoms with Crippen molar-refractivity contribution in [2.24, 2.45) is 5.92 Å². The number of aryl methyl sites for hydroxylation is 1. The van der Waals surface area contributed by atoms with E-state index in [-0.39, 0.29) is 29.7 Å². The molecule has 1 unspecified atom stereocenters. The third kappa shape index (κ3) is 3.01. The molecular weight excluding hydrogens is 276 g/mol. The number of nitro groups is 1. The number of likely N-dealkylation sites (tertiary alicyclic amines) is 1. The van der Waals surface area contributed by atoms with Crippen molar-refractivity contribution in [3.8, 4) is 0 Å². The lowest BCUT2D eigenvalue weighted by Crippen LogP contribution is -2.30. The van der Waals surface area contributed by atoms with Gasteiger partial charge in [0.2, 0.25) is 0 Å². The molecule has 0 saturated carbocycles. The topological polar surface area (TPSA) is 89.8 Å². The van der Waals surface area contributed by atoms with E-state index in [4.69, 9.17) is 0 Å². The number of hydrogen-bond donors (Lipinski definition) is 0. The molecule has 0 bridgehead atoms. The monoisotopic (exact) mass is 292 g/mol. The van der Waals surface area contributed by atoms with Crippen LogP contribution in [-0.2, 0) is 9.53 Å². The van der Waals surface area contributed by atoms with Crippen LogP contribution in [0.4, 0.5) is 5.69 Å². The maximum absolute atomic E-state index is 12.5. The lowest BCUT2D eigenvalue weighted by molar-refractivity contribution is -0.385. The molecule has 21 heavy (non-hydrogen) atoms. The number of nitrogens with zero attached hydrogens (tertiary/aromatic N) is 2. The number of rotatable bonds is 3. The first-order chi connectivity index (χ1) is 9.93. The van der Waals surface area contributed by atoms with Gasteiger partial charge in [0.15, 0.2) is 0 Å². The molecule has 1 amide bonds. The van der Waals surface area contributed by atoms with Crippen LogP contribution in [0.1, 0.15) is 22.3 Å². The van der Waals surface area contributed by atoms with Crippen molar-refractivity contribution in [2.75, 3.05) is 20.2 Å². The van der Waals surface area contributed by atoms with Gasteiger partial charge >= 0.3 is 5.97 Å². The first-order valence-electron chi connectivity index (χ1n) is 6.56. The number of carbonyl (C=O) groups is 2. The average molecular weight is 292 g/mol. The van der Waals surface area contributed by atoms with Gasteiger partial charge in [-0.25, -0.2) is 0 Å². The minimum atomic E-state index is -0.569. The summed E-state index contributed by atoms with van der Waals surface area (Å²) in [5, 5.41) is 11.0. The summed E-state index contributed by atoms with van der Waals surface area (Å²) in [6, 6.07) is 4.43. The quantitative estimate of drug-likeness (QED) is 0.479. The minimum Gasteiger partial charge on any atom is -0.469 e. The summed E-state index contributed by atoms with van der Waals surface area (Å²) in [6.07, 6.45) is 0.512. The Morgan fingerprint density at radius 1 is 1.43 bits per heavy atom. The Kier molecular flexibility index (Phi) is 4.21. The summed E-state index contributed by atoms with van der Waals surface area (Å²) >= 11 is 0. The van der Waals surface area contributed by atoms with Gasteiger partial charge in [-0.15, -0.1) is 0 Å². The first kappa shape index (κ1) is 15.0. The number of ether oxygens (including phenoxy) is 1. The zero-order valence-corrected chi connectivity index (χ0v) is 11.9. The molecule has 1 aliphatic heterocycles. The van der Waals surface area contributed by atoms with E-state index in [0.717, 1.165) is 5.56 Å². The van der Waals surface area contributed by atoms with Gasteiger partial charge in [-0.2, -0.15) is 0 Å². The molecule has 1 aliphatic rings. The Labute approximate surface area is 121 Å². The fourth-order valence-electron chi connectivity index (χ4n) is 2.45. The molecule has 1 aromatic carbocycles. The summed E-state index contributed by atoms with van der Waals surface area (Å²) in [5.74, 6) is -1.14. The molecule has 112 valence electrons. The van der Waals surface area contributed by atoms with Crippen LogP contribution in [-0.4, -0.2) is 41.9 Å². The molecule has 0 N–H and O–H groups in total. The van der Waals surface area contributed by atoms with Crippen molar-refractivity contribution >= 4 is 17.6 Å². The standard InChI is InChI=1S/C14H16N2O5/c1-9-3-4-12(16(19)20)11(7-9)13(17)15-6-5-10(8-15)14(18)21-2/h3-4,7,10H,5-6,8H2,1-2H3. The van der Waals surface area contributed by atoms with Gasteiger partial charge in [-0.05, 0) is 25.0 Å². The lowest BCUT2D eigenvalue weighted by atomic mass is 10.1. The molecule has 1 saturated heterocycles. The van der Waals surface area contributed by atoms with Gasteiger partial charge in [-0.1, -0.05) is 6.07 Å². The fraction of sp³-hybridized carbons (Fsp3) is 0.429. The number of hydrogen-bond acceptors (Lipinski definition) is 5. The van der Waals surface area contributed by atoms with E-state index in [0.29, 0.717) is 13.0 Å². The minimum absolute atomic E-state index is 0.0607. The smallest absolute Gasteiger partial charge is 0.310 e. The van der Waals surface area contributed by atoms with Gasteiger partial charge in [0.25, 0.3) is 11.6 Å².